The molecule has 0 spiro atoms. The summed E-state index contributed by atoms with van der Waals surface area (Å²) in [6, 6.07) is 0. The van der Waals surface area contributed by atoms with Crippen LogP contribution in [0.5, 0.6) is 0 Å². The number of hydrogen-bond donors (Lipinski definition) is 1. The minimum Gasteiger partial charge on any atom is -0.392 e. The molecule has 1 aliphatic rings. The summed E-state index contributed by atoms with van der Waals surface area (Å²) in [5.74, 6) is 0.611. The molecule has 0 aromatic carbocycles. The summed E-state index contributed by atoms with van der Waals surface area (Å²) in [5.41, 5.74) is 2.03. The maximum absolute atomic E-state index is 11.6. The zero-order valence-corrected chi connectivity index (χ0v) is 8.24. The number of fused-ring (bicyclic) bond motifs is 1. The van der Waals surface area contributed by atoms with Crippen LogP contribution in [0.4, 0.5) is 0 Å². The van der Waals surface area contributed by atoms with Crippen molar-refractivity contribution in [2.75, 3.05) is 0 Å². The fourth-order valence-corrected chi connectivity index (χ4v) is 1.91. The molecule has 0 radical (unpaired) electrons. The summed E-state index contributed by atoms with van der Waals surface area (Å²) in [5, 5.41) is 9.43. The number of rotatable bonds is 0. The smallest absolute Gasteiger partial charge is 0.169 e. The van der Waals surface area contributed by atoms with Crippen LogP contribution in [0.25, 0.3) is 0 Å². The molecule has 0 aliphatic heterocycles. The molecule has 0 amide bonds. The molecule has 0 fully saturated rings. The number of Topliss-reactive ketones (excluding diaryl/α,β-unsaturated/α-hetero) is 1. The van der Waals surface area contributed by atoms with Crippen molar-refractivity contribution in [2.24, 2.45) is 0 Å². The summed E-state index contributed by atoms with van der Waals surface area (Å²) in [4.78, 5) is 19.9. The average molecular weight is 192 g/mol. The molecule has 1 N–H and O–H groups in total. The second-order valence-corrected chi connectivity index (χ2v) is 3.66. The summed E-state index contributed by atoms with van der Waals surface area (Å²) < 4.78 is 0. The van der Waals surface area contributed by atoms with Gasteiger partial charge in [-0.2, -0.15) is 0 Å². The molecule has 0 bridgehead atoms. The Labute approximate surface area is 82.0 Å². The van der Waals surface area contributed by atoms with E-state index in [9.17, 15) is 9.90 Å². The molecule has 1 unspecified atom stereocenters. The Bertz CT molecular complexity index is 401. The van der Waals surface area contributed by atoms with E-state index >= 15 is 0 Å². The molecule has 2 rings (SSSR count). The molecule has 1 heterocycles. The van der Waals surface area contributed by atoms with Gasteiger partial charge in [-0.15, -0.1) is 0 Å². The van der Waals surface area contributed by atoms with E-state index in [2.05, 4.69) is 9.97 Å². The molecule has 1 aromatic rings. The molecular formula is C10H12N2O2. The Morgan fingerprint density at radius 1 is 1.29 bits per heavy atom. The normalized spacial score (nSPS) is 20.8. The average Bonchev–Trinajstić information content (AvgIpc) is 1.99. The van der Waals surface area contributed by atoms with Crippen molar-refractivity contribution >= 4 is 5.78 Å². The molecule has 1 aliphatic carbocycles. The van der Waals surface area contributed by atoms with Gasteiger partial charge in [-0.25, -0.2) is 9.97 Å². The highest BCUT2D eigenvalue weighted by atomic mass is 16.3. The van der Waals surface area contributed by atoms with Crippen molar-refractivity contribution in [1.29, 1.82) is 0 Å². The van der Waals surface area contributed by atoms with Crippen molar-refractivity contribution in [3.8, 4) is 0 Å². The number of carbonyl (C=O) groups is 1. The van der Waals surface area contributed by atoms with Crippen LogP contribution in [0.15, 0.2) is 0 Å². The van der Waals surface area contributed by atoms with Crippen molar-refractivity contribution in [3.05, 3.63) is 22.8 Å². The Hall–Kier alpha value is -1.29. The van der Waals surface area contributed by atoms with E-state index in [4.69, 9.17) is 0 Å². The van der Waals surface area contributed by atoms with E-state index in [1.807, 2.05) is 6.92 Å². The lowest BCUT2D eigenvalue weighted by molar-refractivity contribution is 0.0848. The summed E-state index contributed by atoms with van der Waals surface area (Å²) >= 11 is 0. The van der Waals surface area contributed by atoms with Crippen LogP contribution in [-0.4, -0.2) is 27.0 Å². The van der Waals surface area contributed by atoms with Gasteiger partial charge in [0.1, 0.15) is 5.82 Å². The first-order chi connectivity index (χ1) is 6.58. The Morgan fingerprint density at radius 2 is 2.00 bits per heavy atom. The van der Waals surface area contributed by atoms with Crippen LogP contribution in [0.2, 0.25) is 0 Å². The van der Waals surface area contributed by atoms with Gasteiger partial charge in [0.25, 0.3) is 0 Å². The number of aryl methyl sites for hydroxylation is 2. The van der Waals surface area contributed by atoms with Gasteiger partial charge in [0.2, 0.25) is 0 Å². The SMILES string of the molecule is Cc1nc(C)c2c(n1)CC(O)CC2=O. The summed E-state index contributed by atoms with van der Waals surface area (Å²) in [6.45, 7) is 3.60. The number of aliphatic hydroxyl groups excluding tert-OH is 1. The number of ketones is 1. The fourth-order valence-electron chi connectivity index (χ4n) is 1.91. The largest absolute Gasteiger partial charge is 0.392 e. The highest BCUT2D eigenvalue weighted by Gasteiger charge is 2.26. The van der Waals surface area contributed by atoms with Crippen LogP contribution in [0.1, 0.15) is 34.0 Å². The minimum atomic E-state index is -0.580. The molecular weight excluding hydrogens is 180 g/mol. The predicted molar refractivity (Wildman–Crippen MR) is 50.2 cm³/mol. The van der Waals surface area contributed by atoms with E-state index in [1.54, 1.807) is 6.92 Å². The molecule has 1 aromatic heterocycles. The molecule has 74 valence electrons. The Kier molecular flexibility index (Phi) is 2.07. The topological polar surface area (TPSA) is 63.1 Å². The fraction of sp³-hybridized carbons (Fsp3) is 0.500. The van der Waals surface area contributed by atoms with Crippen LogP contribution in [0.3, 0.4) is 0 Å². The van der Waals surface area contributed by atoms with Crippen LogP contribution < -0.4 is 0 Å². The van der Waals surface area contributed by atoms with Crippen LogP contribution in [-0.2, 0) is 6.42 Å². The monoisotopic (exact) mass is 192 g/mol. The van der Waals surface area contributed by atoms with Crippen LogP contribution in [0, 0.1) is 13.8 Å². The molecule has 1 atom stereocenters. The van der Waals surface area contributed by atoms with Crippen molar-refractivity contribution in [3.63, 3.8) is 0 Å². The third-order valence-electron chi connectivity index (χ3n) is 2.41. The lowest BCUT2D eigenvalue weighted by Gasteiger charge is -2.19. The van der Waals surface area contributed by atoms with E-state index < -0.39 is 6.10 Å². The van der Waals surface area contributed by atoms with Crippen molar-refractivity contribution in [2.45, 2.75) is 32.8 Å². The van der Waals surface area contributed by atoms with Gasteiger partial charge in [-0.3, -0.25) is 4.79 Å². The van der Waals surface area contributed by atoms with Gasteiger partial charge < -0.3 is 5.11 Å². The molecule has 0 saturated carbocycles. The van der Waals surface area contributed by atoms with Crippen molar-refractivity contribution < 1.29 is 9.90 Å². The number of hydrogen-bond acceptors (Lipinski definition) is 4. The van der Waals surface area contributed by atoms with Crippen LogP contribution >= 0.6 is 0 Å². The predicted octanol–water partition coefficient (Wildman–Crippen LogP) is 0.583. The maximum Gasteiger partial charge on any atom is 0.169 e. The highest BCUT2D eigenvalue weighted by molar-refractivity contribution is 5.99. The maximum atomic E-state index is 11.6. The first kappa shape index (κ1) is 9.27. The number of nitrogens with zero attached hydrogens (tertiary/aromatic N) is 2. The van der Waals surface area contributed by atoms with Crippen molar-refractivity contribution in [1.82, 2.24) is 9.97 Å². The molecule has 14 heavy (non-hydrogen) atoms. The van der Waals surface area contributed by atoms with Gasteiger partial charge in [-0.05, 0) is 13.8 Å². The first-order valence-electron chi connectivity index (χ1n) is 4.63. The Morgan fingerprint density at radius 3 is 2.71 bits per heavy atom. The second-order valence-electron chi connectivity index (χ2n) is 3.66. The number of aliphatic hydroxyl groups is 1. The van der Waals surface area contributed by atoms with E-state index in [1.165, 1.54) is 0 Å². The standard InChI is InChI=1S/C10H12N2O2/c1-5-10-8(12-6(2)11-5)3-7(13)4-9(10)14/h7,13H,3-4H2,1-2H3. The van der Waals surface area contributed by atoms with E-state index in [0.717, 1.165) is 5.69 Å². The van der Waals surface area contributed by atoms with Gasteiger partial charge in [-0.1, -0.05) is 0 Å². The third kappa shape index (κ3) is 1.42. The van der Waals surface area contributed by atoms with E-state index in [-0.39, 0.29) is 12.2 Å². The quantitative estimate of drug-likeness (QED) is 0.653. The summed E-state index contributed by atoms with van der Waals surface area (Å²) in [6.07, 6.45) is 0.0784. The minimum absolute atomic E-state index is 0.0451. The van der Waals surface area contributed by atoms with Gasteiger partial charge in [0.15, 0.2) is 5.78 Å². The number of carbonyl (C=O) groups excluding carboxylic acids is 1. The number of aromatic nitrogens is 2. The summed E-state index contributed by atoms with van der Waals surface area (Å²) in [7, 11) is 0. The highest BCUT2D eigenvalue weighted by Crippen LogP contribution is 2.21. The zero-order chi connectivity index (χ0) is 10.3. The lowest BCUT2D eigenvalue weighted by Crippen LogP contribution is -2.26. The Balaban J connectivity index is 2.59. The third-order valence-corrected chi connectivity index (χ3v) is 2.41. The first-order valence-corrected chi connectivity index (χ1v) is 4.63. The lowest BCUT2D eigenvalue weighted by atomic mass is 9.91. The van der Waals surface area contributed by atoms with E-state index in [0.29, 0.717) is 23.5 Å². The molecule has 4 heteroatoms. The van der Waals surface area contributed by atoms with Gasteiger partial charge >= 0.3 is 0 Å². The zero-order valence-electron chi connectivity index (χ0n) is 8.24. The van der Waals surface area contributed by atoms with Gasteiger partial charge in [0, 0.05) is 12.8 Å². The molecule has 4 nitrogen and oxygen atoms in total. The van der Waals surface area contributed by atoms with Gasteiger partial charge in [0.05, 0.1) is 23.1 Å². The second kappa shape index (κ2) is 3.13. The molecule has 0 saturated heterocycles.